The molecule has 0 heterocycles. The van der Waals surface area contributed by atoms with Gasteiger partial charge in [0.15, 0.2) is 0 Å². The summed E-state index contributed by atoms with van der Waals surface area (Å²) in [4.78, 5) is -0.0496. The third kappa shape index (κ3) is 4.94. The monoisotopic (exact) mass is 375 g/mol. The van der Waals surface area contributed by atoms with Crippen LogP contribution in [0, 0.1) is 0 Å². The van der Waals surface area contributed by atoms with Crippen LogP contribution < -0.4 is 9.46 Å². The van der Waals surface area contributed by atoms with E-state index in [0.29, 0.717) is 5.75 Å². The smallest absolute Gasteiger partial charge is 0.416 e. The van der Waals surface area contributed by atoms with Crippen LogP contribution >= 0.6 is 0 Å². The first-order chi connectivity index (χ1) is 11.6. The van der Waals surface area contributed by atoms with Gasteiger partial charge in [-0.25, -0.2) is 13.1 Å². The Balaban J connectivity index is 2.06. The fourth-order valence-electron chi connectivity index (χ4n) is 2.05. The first kappa shape index (κ1) is 19.2. The summed E-state index contributed by atoms with van der Waals surface area (Å²) < 4.78 is 69.1. The molecule has 0 fully saturated rings. The molecule has 1 atom stereocenters. The SMILES string of the molecule is COc1cccc(S(=O)(=O)NCC(O)c2ccc(C(F)(F)F)cc2)c1. The molecule has 0 radical (unpaired) electrons. The Morgan fingerprint density at radius 1 is 1.16 bits per heavy atom. The Kier molecular flexibility index (Phi) is 5.71. The van der Waals surface area contributed by atoms with Crippen LogP contribution in [0.15, 0.2) is 53.4 Å². The molecule has 0 aromatic heterocycles. The molecular formula is C16H16F3NO4S. The highest BCUT2D eigenvalue weighted by Gasteiger charge is 2.30. The molecule has 0 aliphatic carbocycles. The van der Waals surface area contributed by atoms with Crippen molar-refractivity contribution in [2.75, 3.05) is 13.7 Å². The van der Waals surface area contributed by atoms with Crippen LogP contribution in [-0.4, -0.2) is 27.2 Å². The van der Waals surface area contributed by atoms with E-state index in [1.54, 1.807) is 6.07 Å². The van der Waals surface area contributed by atoms with Crippen molar-refractivity contribution in [3.63, 3.8) is 0 Å². The molecule has 0 amide bonds. The third-order valence-electron chi connectivity index (χ3n) is 3.44. The van der Waals surface area contributed by atoms with Gasteiger partial charge >= 0.3 is 6.18 Å². The third-order valence-corrected chi connectivity index (χ3v) is 4.86. The van der Waals surface area contributed by atoms with Gasteiger partial charge in [-0.05, 0) is 29.8 Å². The van der Waals surface area contributed by atoms with Crippen molar-refractivity contribution in [1.82, 2.24) is 4.72 Å². The molecule has 0 saturated carbocycles. The van der Waals surface area contributed by atoms with E-state index >= 15 is 0 Å². The lowest BCUT2D eigenvalue weighted by Gasteiger charge is -2.14. The van der Waals surface area contributed by atoms with Crippen molar-refractivity contribution in [2.45, 2.75) is 17.2 Å². The second-order valence-corrected chi connectivity index (χ2v) is 6.93. The lowest BCUT2D eigenvalue weighted by molar-refractivity contribution is -0.137. The molecule has 25 heavy (non-hydrogen) atoms. The van der Waals surface area contributed by atoms with Crippen LogP contribution in [0.5, 0.6) is 5.75 Å². The zero-order valence-electron chi connectivity index (χ0n) is 13.1. The first-order valence-corrected chi connectivity index (χ1v) is 8.61. The number of ether oxygens (including phenoxy) is 1. The maximum atomic E-state index is 12.5. The first-order valence-electron chi connectivity index (χ1n) is 7.12. The highest BCUT2D eigenvalue weighted by Crippen LogP contribution is 2.30. The largest absolute Gasteiger partial charge is 0.497 e. The van der Waals surface area contributed by atoms with Gasteiger partial charge in [0.2, 0.25) is 10.0 Å². The zero-order valence-corrected chi connectivity index (χ0v) is 13.9. The number of alkyl halides is 3. The lowest BCUT2D eigenvalue weighted by atomic mass is 10.1. The number of rotatable bonds is 6. The van der Waals surface area contributed by atoms with Gasteiger partial charge in [0.05, 0.1) is 23.7 Å². The molecule has 9 heteroatoms. The molecular weight excluding hydrogens is 359 g/mol. The zero-order chi connectivity index (χ0) is 18.7. The summed E-state index contributed by atoms with van der Waals surface area (Å²) in [5, 5.41) is 9.99. The van der Waals surface area contributed by atoms with Gasteiger partial charge in [0.1, 0.15) is 5.75 Å². The summed E-state index contributed by atoms with van der Waals surface area (Å²) in [5.74, 6) is 0.353. The molecule has 0 aliphatic heterocycles. The van der Waals surface area contributed by atoms with Gasteiger partial charge in [-0.15, -0.1) is 0 Å². The molecule has 0 aliphatic rings. The minimum Gasteiger partial charge on any atom is -0.497 e. The summed E-state index contributed by atoms with van der Waals surface area (Å²) in [7, 11) is -2.50. The Labute approximate surface area is 143 Å². The number of halogens is 3. The van der Waals surface area contributed by atoms with Gasteiger partial charge < -0.3 is 9.84 Å². The average Bonchev–Trinajstić information content (AvgIpc) is 2.59. The molecule has 2 N–H and O–H groups in total. The van der Waals surface area contributed by atoms with Gasteiger partial charge in [0, 0.05) is 12.6 Å². The van der Waals surface area contributed by atoms with Crippen LogP contribution in [0.25, 0.3) is 0 Å². The Bertz CT molecular complexity index is 820. The quantitative estimate of drug-likeness (QED) is 0.814. The normalized spacial score (nSPS) is 13.5. The second-order valence-electron chi connectivity index (χ2n) is 5.17. The average molecular weight is 375 g/mol. The van der Waals surface area contributed by atoms with Crippen LogP contribution in [0.3, 0.4) is 0 Å². The fourth-order valence-corrected chi connectivity index (χ4v) is 3.13. The maximum absolute atomic E-state index is 12.5. The van der Waals surface area contributed by atoms with E-state index < -0.39 is 27.9 Å². The molecule has 0 saturated heterocycles. The van der Waals surface area contributed by atoms with Crippen molar-refractivity contribution >= 4 is 10.0 Å². The van der Waals surface area contributed by atoms with Crippen molar-refractivity contribution in [3.05, 3.63) is 59.7 Å². The number of methoxy groups -OCH3 is 1. The molecule has 2 rings (SSSR count). The Hall–Kier alpha value is -2.10. The van der Waals surface area contributed by atoms with Crippen molar-refractivity contribution in [3.8, 4) is 5.75 Å². The number of sulfonamides is 1. The molecule has 0 bridgehead atoms. The summed E-state index contributed by atoms with van der Waals surface area (Å²) in [5.41, 5.74) is -0.679. The molecule has 2 aromatic rings. The molecule has 136 valence electrons. The summed E-state index contributed by atoms with van der Waals surface area (Å²) in [6.45, 7) is -0.384. The van der Waals surface area contributed by atoms with Crippen molar-refractivity contribution < 1.29 is 31.4 Å². The van der Waals surface area contributed by atoms with E-state index in [-0.39, 0.29) is 17.0 Å². The molecule has 5 nitrogen and oxygen atoms in total. The van der Waals surface area contributed by atoms with E-state index in [4.69, 9.17) is 4.74 Å². The Morgan fingerprint density at radius 2 is 1.80 bits per heavy atom. The highest BCUT2D eigenvalue weighted by molar-refractivity contribution is 7.89. The van der Waals surface area contributed by atoms with Gasteiger partial charge in [-0.2, -0.15) is 13.2 Å². The van der Waals surface area contributed by atoms with Crippen LogP contribution in [0.4, 0.5) is 13.2 Å². The lowest BCUT2D eigenvalue weighted by Crippen LogP contribution is -2.28. The minimum absolute atomic E-state index is 0.0496. The van der Waals surface area contributed by atoms with E-state index in [1.807, 2.05) is 0 Å². The minimum atomic E-state index is -4.47. The standard InChI is InChI=1S/C16H16F3NO4S/c1-24-13-3-2-4-14(9-13)25(22,23)20-10-15(21)11-5-7-12(8-6-11)16(17,18)19/h2-9,15,20-21H,10H2,1H3. The van der Waals surface area contributed by atoms with Crippen LogP contribution in [-0.2, 0) is 16.2 Å². The number of nitrogens with one attached hydrogen (secondary N) is 1. The number of hydrogen-bond donors (Lipinski definition) is 2. The molecule has 1 unspecified atom stereocenters. The van der Waals surface area contributed by atoms with Crippen molar-refractivity contribution in [1.29, 1.82) is 0 Å². The predicted molar refractivity (Wildman–Crippen MR) is 84.6 cm³/mol. The van der Waals surface area contributed by atoms with Gasteiger partial charge in [0.25, 0.3) is 0 Å². The van der Waals surface area contributed by atoms with Crippen LogP contribution in [0.1, 0.15) is 17.2 Å². The van der Waals surface area contributed by atoms with E-state index in [2.05, 4.69) is 4.72 Å². The number of aliphatic hydroxyl groups is 1. The van der Waals surface area contributed by atoms with Crippen LogP contribution in [0.2, 0.25) is 0 Å². The van der Waals surface area contributed by atoms with E-state index in [9.17, 15) is 26.7 Å². The Morgan fingerprint density at radius 3 is 2.36 bits per heavy atom. The number of hydrogen-bond acceptors (Lipinski definition) is 4. The maximum Gasteiger partial charge on any atom is 0.416 e. The number of benzene rings is 2. The molecule has 2 aromatic carbocycles. The number of aliphatic hydroxyl groups excluding tert-OH is 1. The summed E-state index contributed by atoms with van der Waals surface area (Å²) >= 11 is 0. The van der Waals surface area contributed by atoms with E-state index in [0.717, 1.165) is 24.3 Å². The fraction of sp³-hybridized carbons (Fsp3) is 0.250. The van der Waals surface area contributed by atoms with Crippen molar-refractivity contribution in [2.24, 2.45) is 0 Å². The predicted octanol–water partition coefficient (Wildman–Crippen LogP) is 2.73. The summed E-state index contributed by atoms with van der Waals surface area (Å²) in [6.07, 6.45) is -5.76. The van der Waals surface area contributed by atoms with Gasteiger partial charge in [-0.3, -0.25) is 0 Å². The van der Waals surface area contributed by atoms with E-state index in [1.165, 1.54) is 25.3 Å². The molecule has 0 spiro atoms. The van der Waals surface area contributed by atoms with Gasteiger partial charge in [-0.1, -0.05) is 18.2 Å². The second kappa shape index (κ2) is 7.42. The topological polar surface area (TPSA) is 75.6 Å². The summed E-state index contributed by atoms with van der Waals surface area (Å²) in [6, 6.07) is 9.61. The highest BCUT2D eigenvalue weighted by atomic mass is 32.2.